The molecular formula is C19H20F2N4O4S. The van der Waals surface area contributed by atoms with Gasteiger partial charge in [-0.15, -0.1) is 0 Å². The number of anilines is 1. The Morgan fingerprint density at radius 3 is 2.50 bits per heavy atom. The molecule has 0 aliphatic carbocycles. The maximum atomic E-state index is 13.4. The van der Waals surface area contributed by atoms with Crippen LogP contribution >= 0.6 is 0 Å². The van der Waals surface area contributed by atoms with Crippen molar-refractivity contribution in [2.75, 3.05) is 25.0 Å². The van der Waals surface area contributed by atoms with E-state index in [9.17, 15) is 26.8 Å². The van der Waals surface area contributed by atoms with E-state index in [1.54, 1.807) is 18.3 Å². The molecule has 2 heterocycles. The summed E-state index contributed by atoms with van der Waals surface area (Å²) in [5.41, 5.74) is 0.507. The van der Waals surface area contributed by atoms with E-state index in [0.717, 1.165) is 16.4 Å². The molecule has 2 amide bonds. The molecule has 1 saturated heterocycles. The number of benzene rings is 1. The van der Waals surface area contributed by atoms with Crippen LogP contribution < -0.4 is 10.6 Å². The number of rotatable bonds is 6. The van der Waals surface area contributed by atoms with Crippen LogP contribution in [-0.4, -0.2) is 49.2 Å². The molecule has 2 N–H and O–H groups in total. The van der Waals surface area contributed by atoms with Crippen LogP contribution in [0.25, 0.3) is 0 Å². The first kappa shape index (κ1) is 21.8. The van der Waals surface area contributed by atoms with Gasteiger partial charge in [-0.3, -0.25) is 14.6 Å². The predicted molar refractivity (Wildman–Crippen MR) is 104 cm³/mol. The van der Waals surface area contributed by atoms with Gasteiger partial charge in [0, 0.05) is 25.2 Å². The summed E-state index contributed by atoms with van der Waals surface area (Å²) in [6.07, 6.45) is 3.54. The minimum Gasteiger partial charge on any atom is -0.347 e. The third kappa shape index (κ3) is 5.16. The van der Waals surface area contributed by atoms with Crippen molar-refractivity contribution in [2.45, 2.75) is 17.7 Å². The Bertz CT molecular complexity index is 1030. The van der Waals surface area contributed by atoms with E-state index in [1.165, 1.54) is 6.20 Å². The van der Waals surface area contributed by atoms with Gasteiger partial charge in [0.1, 0.15) is 0 Å². The van der Waals surface area contributed by atoms with Crippen molar-refractivity contribution in [3.8, 4) is 0 Å². The van der Waals surface area contributed by atoms with Crippen LogP contribution in [0, 0.1) is 17.6 Å². The first-order chi connectivity index (χ1) is 14.3. The molecule has 160 valence electrons. The van der Waals surface area contributed by atoms with Crippen LogP contribution in [0.3, 0.4) is 0 Å². The molecule has 1 aliphatic rings. The van der Waals surface area contributed by atoms with Gasteiger partial charge in [-0.2, -0.15) is 4.31 Å². The molecule has 3 rings (SSSR count). The zero-order valence-electron chi connectivity index (χ0n) is 15.8. The Labute approximate surface area is 172 Å². The lowest BCUT2D eigenvalue weighted by molar-refractivity contribution is -0.128. The van der Waals surface area contributed by atoms with Crippen molar-refractivity contribution < 1.29 is 26.8 Å². The Hall–Kier alpha value is -2.92. The molecule has 0 saturated carbocycles. The smallest absolute Gasteiger partial charge is 0.243 e. The number of nitrogens with one attached hydrogen (secondary N) is 2. The van der Waals surface area contributed by atoms with E-state index >= 15 is 0 Å². The van der Waals surface area contributed by atoms with Gasteiger partial charge in [0.2, 0.25) is 21.8 Å². The molecule has 1 fully saturated rings. The topological polar surface area (TPSA) is 108 Å². The van der Waals surface area contributed by atoms with E-state index < -0.39 is 33.5 Å². The van der Waals surface area contributed by atoms with E-state index in [0.29, 0.717) is 11.8 Å². The summed E-state index contributed by atoms with van der Waals surface area (Å²) in [7, 11) is -3.99. The van der Waals surface area contributed by atoms with Gasteiger partial charge >= 0.3 is 0 Å². The monoisotopic (exact) mass is 438 g/mol. The summed E-state index contributed by atoms with van der Waals surface area (Å²) in [5, 5.41) is 5.13. The quantitative estimate of drug-likeness (QED) is 0.711. The molecule has 8 nitrogen and oxygen atoms in total. The number of halogens is 2. The average Bonchev–Trinajstić information content (AvgIpc) is 2.74. The number of sulfonamides is 1. The van der Waals surface area contributed by atoms with Gasteiger partial charge in [-0.05, 0) is 43.2 Å². The fourth-order valence-corrected chi connectivity index (χ4v) is 4.58. The van der Waals surface area contributed by atoms with Crippen LogP contribution in [0.15, 0.2) is 47.6 Å². The van der Waals surface area contributed by atoms with E-state index in [2.05, 4.69) is 15.6 Å². The highest BCUT2D eigenvalue weighted by atomic mass is 32.2. The highest BCUT2D eigenvalue weighted by Gasteiger charge is 2.32. The highest BCUT2D eigenvalue weighted by molar-refractivity contribution is 7.89. The molecule has 1 aliphatic heterocycles. The second kappa shape index (κ2) is 9.26. The molecule has 0 atom stereocenters. The highest BCUT2D eigenvalue weighted by Crippen LogP contribution is 2.25. The SMILES string of the molecule is O=C(CNC(=O)C1CCN(S(=O)(=O)c2ccc(F)c(F)c2)CC1)Nc1cccnc1. The van der Waals surface area contributed by atoms with Crippen molar-refractivity contribution in [1.29, 1.82) is 0 Å². The zero-order valence-corrected chi connectivity index (χ0v) is 16.7. The third-order valence-electron chi connectivity index (χ3n) is 4.72. The summed E-state index contributed by atoms with van der Waals surface area (Å²) >= 11 is 0. The first-order valence-corrected chi connectivity index (χ1v) is 10.6. The van der Waals surface area contributed by atoms with Crippen molar-refractivity contribution in [3.05, 3.63) is 54.4 Å². The maximum absolute atomic E-state index is 13.4. The Kier molecular flexibility index (Phi) is 6.73. The number of piperidine rings is 1. The summed E-state index contributed by atoms with van der Waals surface area (Å²) in [5.74, 6) is -3.57. The van der Waals surface area contributed by atoms with Gasteiger partial charge in [-0.25, -0.2) is 17.2 Å². The van der Waals surface area contributed by atoms with Crippen LogP contribution in [0.5, 0.6) is 0 Å². The fraction of sp³-hybridized carbons (Fsp3) is 0.316. The number of hydrogen-bond donors (Lipinski definition) is 2. The second-order valence-corrected chi connectivity index (χ2v) is 8.70. The number of carbonyl (C=O) groups is 2. The molecule has 0 unspecified atom stereocenters. The lowest BCUT2D eigenvalue weighted by Gasteiger charge is -2.30. The van der Waals surface area contributed by atoms with Crippen LogP contribution in [0.2, 0.25) is 0 Å². The number of nitrogens with zero attached hydrogens (tertiary/aromatic N) is 2. The normalized spacial score (nSPS) is 15.5. The van der Waals surface area contributed by atoms with Gasteiger partial charge in [-0.1, -0.05) is 0 Å². The summed E-state index contributed by atoms with van der Waals surface area (Å²) < 4.78 is 52.8. The number of pyridine rings is 1. The van der Waals surface area contributed by atoms with E-state index in [-0.39, 0.29) is 43.3 Å². The number of amides is 2. The molecule has 0 bridgehead atoms. The Balaban J connectivity index is 1.50. The Morgan fingerprint density at radius 1 is 1.13 bits per heavy atom. The van der Waals surface area contributed by atoms with Gasteiger partial charge < -0.3 is 10.6 Å². The lowest BCUT2D eigenvalue weighted by atomic mass is 9.97. The summed E-state index contributed by atoms with van der Waals surface area (Å²) in [4.78, 5) is 27.7. The zero-order chi connectivity index (χ0) is 21.7. The van der Waals surface area contributed by atoms with Gasteiger partial charge in [0.05, 0.1) is 23.3 Å². The van der Waals surface area contributed by atoms with Crippen molar-refractivity contribution in [1.82, 2.24) is 14.6 Å². The summed E-state index contributed by atoms with van der Waals surface area (Å²) in [6, 6.07) is 5.74. The predicted octanol–water partition coefficient (Wildman–Crippen LogP) is 1.52. The van der Waals surface area contributed by atoms with Crippen LogP contribution in [-0.2, 0) is 19.6 Å². The van der Waals surface area contributed by atoms with Gasteiger partial charge in [0.15, 0.2) is 11.6 Å². The second-order valence-electron chi connectivity index (χ2n) is 6.76. The molecule has 1 aromatic carbocycles. The van der Waals surface area contributed by atoms with Crippen LogP contribution in [0.4, 0.5) is 14.5 Å². The minimum atomic E-state index is -3.99. The van der Waals surface area contributed by atoms with Crippen molar-refractivity contribution >= 4 is 27.5 Å². The fourth-order valence-electron chi connectivity index (χ4n) is 3.10. The molecule has 1 aromatic heterocycles. The van der Waals surface area contributed by atoms with Gasteiger partial charge in [0.25, 0.3) is 0 Å². The number of aromatic nitrogens is 1. The van der Waals surface area contributed by atoms with Crippen molar-refractivity contribution in [2.24, 2.45) is 5.92 Å². The molecule has 11 heteroatoms. The van der Waals surface area contributed by atoms with Crippen LogP contribution in [0.1, 0.15) is 12.8 Å². The standard InChI is InChI=1S/C19H20F2N4O4S/c20-16-4-3-15(10-17(16)21)30(28,29)25-8-5-13(6-9-25)19(27)23-12-18(26)24-14-2-1-7-22-11-14/h1-4,7,10-11,13H,5-6,8-9,12H2,(H,23,27)(H,24,26). The molecule has 0 spiro atoms. The largest absolute Gasteiger partial charge is 0.347 e. The summed E-state index contributed by atoms with van der Waals surface area (Å²) in [6.45, 7) is -0.107. The number of hydrogen-bond acceptors (Lipinski definition) is 5. The lowest BCUT2D eigenvalue weighted by Crippen LogP contribution is -2.44. The number of carbonyl (C=O) groups excluding carboxylic acids is 2. The average molecular weight is 438 g/mol. The van der Waals surface area contributed by atoms with E-state index in [1.807, 2.05) is 0 Å². The first-order valence-electron chi connectivity index (χ1n) is 9.20. The Morgan fingerprint density at radius 2 is 1.87 bits per heavy atom. The minimum absolute atomic E-state index is 0.0568. The van der Waals surface area contributed by atoms with Crippen molar-refractivity contribution in [3.63, 3.8) is 0 Å². The molecule has 2 aromatic rings. The molecule has 30 heavy (non-hydrogen) atoms. The third-order valence-corrected chi connectivity index (χ3v) is 6.62. The maximum Gasteiger partial charge on any atom is 0.243 e. The van der Waals surface area contributed by atoms with E-state index in [4.69, 9.17) is 0 Å². The molecule has 0 radical (unpaired) electrons. The molecular weight excluding hydrogens is 418 g/mol.